The summed E-state index contributed by atoms with van der Waals surface area (Å²) in [5, 5.41) is 4.01. The molecule has 106 valence electrons. The number of alkyl halides is 2. The fraction of sp³-hybridized carbons (Fsp3) is 0.250. The van der Waals surface area contributed by atoms with E-state index >= 15 is 0 Å². The number of hydrogen-bond acceptors (Lipinski definition) is 1. The predicted octanol–water partition coefficient (Wildman–Crippen LogP) is 5.13. The minimum absolute atomic E-state index is 0.0587. The third kappa shape index (κ3) is 4.02. The standard InChI is InChI=1S/C16H16ClF2N/c1-11(13-5-7-15(17)8-6-13)20-10-12-3-2-4-14(9-12)16(18)19/h2-9,11,16,20H,10H2,1H3/t11-/m1/s1. The summed E-state index contributed by atoms with van der Waals surface area (Å²) < 4.78 is 25.2. The van der Waals surface area contributed by atoms with E-state index in [1.807, 2.05) is 37.3 Å². The van der Waals surface area contributed by atoms with Gasteiger partial charge >= 0.3 is 0 Å². The summed E-state index contributed by atoms with van der Waals surface area (Å²) in [4.78, 5) is 0. The summed E-state index contributed by atoms with van der Waals surface area (Å²) in [6.07, 6.45) is -2.43. The normalized spacial score (nSPS) is 12.7. The second kappa shape index (κ2) is 6.82. The Labute approximate surface area is 122 Å². The molecule has 0 aliphatic rings. The number of benzene rings is 2. The molecule has 0 saturated heterocycles. The van der Waals surface area contributed by atoms with Crippen molar-refractivity contribution >= 4 is 11.6 Å². The summed E-state index contributed by atoms with van der Waals surface area (Å²) >= 11 is 5.84. The third-order valence-electron chi connectivity index (χ3n) is 3.19. The first-order valence-corrected chi connectivity index (χ1v) is 6.80. The van der Waals surface area contributed by atoms with Crippen LogP contribution in [0.3, 0.4) is 0 Å². The maximum absolute atomic E-state index is 12.6. The van der Waals surface area contributed by atoms with Crippen molar-refractivity contribution in [3.63, 3.8) is 0 Å². The van der Waals surface area contributed by atoms with Gasteiger partial charge in [0.2, 0.25) is 0 Å². The molecule has 0 saturated carbocycles. The van der Waals surface area contributed by atoms with Crippen LogP contribution < -0.4 is 5.32 Å². The van der Waals surface area contributed by atoms with E-state index in [0.29, 0.717) is 11.6 Å². The van der Waals surface area contributed by atoms with Crippen molar-refractivity contribution in [1.82, 2.24) is 5.32 Å². The zero-order chi connectivity index (χ0) is 14.5. The van der Waals surface area contributed by atoms with E-state index in [9.17, 15) is 8.78 Å². The Morgan fingerprint density at radius 2 is 1.75 bits per heavy atom. The SMILES string of the molecule is C[C@@H](NCc1cccc(C(F)F)c1)c1ccc(Cl)cc1. The summed E-state index contributed by atoms with van der Waals surface area (Å²) in [6.45, 7) is 2.57. The lowest BCUT2D eigenvalue weighted by atomic mass is 10.1. The van der Waals surface area contributed by atoms with Gasteiger partial charge in [-0.2, -0.15) is 0 Å². The average molecular weight is 296 g/mol. The van der Waals surface area contributed by atoms with Crippen LogP contribution in [0.2, 0.25) is 5.02 Å². The molecule has 1 nitrogen and oxygen atoms in total. The highest BCUT2D eigenvalue weighted by Crippen LogP contribution is 2.20. The van der Waals surface area contributed by atoms with Gasteiger partial charge in [0.1, 0.15) is 0 Å². The molecular formula is C16H16ClF2N. The van der Waals surface area contributed by atoms with Crippen molar-refractivity contribution in [1.29, 1.82) is 0 Å². The first-order chi connectivity index (χ1) is 9.56. The predicted molar refractivity (Wildman–Crippen MR) is 78.1 cm³/mol. The van der Waals surface area contributed by atoms with E-state index in [0.717, 1.165) is 11.1 Å². The Bertz CT molecular complexity index is 555. The molecule has 0 bridgehead atoms. The molecule has 0 radical (unpaired) electrons. The Kier molecular flexibility index (Phi) is 5.10. The number of hydrogen-bond donors (Lipinski definition) is 1. The van der Waals surface area contributed by atoms with Crippen molar-refractivity contribution in [3.8, 4) is 0 Å². The molecule has 2 rings (SSSR count). The van der Waals surface area contributed by atoms with Crippen LogP contribution in [0.5, 0.6) is 0 Å². The molecule has 4 heteroatoms. The Balaban J connectivity index is 1.97. The first kappa shape index (κ1) is 14.9. The lowest BCUT2D eigenvalue weighted by Gasteiger charge is -2.15. The molecule has 0 unspecified atom stereocenters. The second-order valence-corrected chi connectivity index (χ2v) is 5.14. The van der Waals surface area contributed by atoms with Crippen molar-refractivity contribution < 1.29 is 8.78 Å². The van der Waals surface area contributed by atoms with Crippen LogP contribution in [0.15, 0.2) is 48.5 Å². The molecule has 0 aliphatic heterocycles. The quantitative estimate of drug-likeness (QED) is 0.806. The molecule has 0 aromatic heterocycles. The first-order valence-electron chi connectivity index (χ1n) is 6.42. The van der Waals surface area contributed by atoms with E-state index in [-0.39, 0.29) is 11.6 Å². The molecule has 0 spiro atoms. The largest absolute Gasteiger partial charge is 0.306 e. The van der Waals surface area contributed by atoms with Gasteiger partial charge in [0.25, 0.3) is 6.43 Å². The zero-order valence-corrected chi connectivity index (χ0v) is 11.9. The van der Waals surface area contributed by atoms with Gasteiger partial charge in [0.15, 0.2) is 0 Å². The molecule has 2 aromatic rings. The molecule has 0 fully saturated rings. The van der Waals surface area contributed by atoms with Gasteiger partial charge in [-0.05, 0) is 36.2 Å². The summed E-state index contributed by atoms with van der Waals surface area (Å²) in [5.74, 6) is 0. The lowest BCUT2D eigenvalue weighted by molar-refractivity contribution is 0.151. The Hall–Kier alpha value is -1.45. The van der Waals surface area contributed by atoms with Crippen molar-refractivity contribution in [2.75, 3.05) is 0 Å². The van der Waals surface area contributed by atoms with Crippen LogP contribution in [0.1, 0.15) is 36.1 Å². The average Bonchev–Trinajstić information content (AvgIpc) is 2.46. The topological polar surface area (TPSA) is 12.0 Å². The smallest absolute Gasteiger partial charge is 0.263 e. The van der Waals surface area contributed by atoms with Gasteiger partial charge < -0.3 is 5.32 Å². The van der Waals surface area contributed by atoms with Crippen molar-refractivity contribution in [2.24, 2.45) is 0 Å². The molecule has 0 amide bonds. The molecule has 0 aliphatic carbocycles. The molecule has 1 N–H and O–H groups in total. The molecule has 20 heavy (non-hydrogen) atoms. The Morgan fingerprint density at radius 3 is 2.40 bits per heavy atom. The van der Waals surface area contributed by atoms with Crippen molar-refractivity contribution in [3.05, 3.63) is 70.2 Å². The van der Waals surface area contributed by atoms with Gasteiger partial charge in [-0.15, -0.1) is 0 Å². The fourth-order valence-electron chi connectivity index (χ4n) is 1.98. The van der Waals surface area contributed by atoms with Crippen LogP contribution in [-0.2, 0) is 6.54 Å². The highest BCUT2D eigenvalue weighted by Gasteiger charge is 2.08. The van der Waals surface area contributed by atoms with E-state index in [1.165, 1.54) is 12.1 Å². The monoisotopic (exact) mass is 295 g/mol. The highest BCUT2D eigenvalue weighted by atomic mass is 35.5. The van der Waals surface area contributed by atoms with Crippen LogP contribution >= 0.6 is 11.6 Å². The minimum atomic E-state index is -2.43. The highest BCUT2D eigenvalue weighted by molar-refractivity contribution is 6.30. The van der Waals surface area contributed by atoms with E-state index < -0.39 is 6.43 Å². The Morgan fingerprint density at radius 1 is 1.05 bits per heavy atom. The number of halogens is 3. The van der Waals surface area contributed by atoms with Crippen LogP contribution in [-0.4, -0.2) is 0 Å². The molecule has 1 atom stereocenters. The number of rotatable bonds is 5. The second-order valence-electron chi connectivity index (χ2n) is 4.70. The zero-order valence-electron chi connectivity index (χ0n) is 11.1. The van der Waals surface area contributed by atoms with Crippen LogP contribution in [0.25, 0.3) is 0 Å². The third-order valence-corrected chi connectivity index (χ3v) is 3.44. The van der Waals surface area contributed by atoms with Crippen molar-refractivity contribution in [2.45, 2.75) is 25.9 Å². The van der Waals surface area contributed by atoms with Crippen LogP contribution in [0.4, 0.5) is 8.78 Å². The van der Waals surface area contributed by atoms with Gasteiger partial charge in [0, 0.05) is 23.2 Å². The molecule has 2 aromatic carbocycles. The fourth-order valence-corrected chi connectivity index (χ4v) is 2.11. The van der Waals surface area contributed by atoms with Gasteiger partial charge in [-0.3, -0.25) is 0 Å². The van der Waals surface area contributed by atoms with Gasteiger partial charge in [-0.1, -0.05) is 41.9 Å². The summed E-state index contributed by atoms with van der Waals surface area (Å²) in [5.41, 5.74) is 2.02. The van der Waals surface area contributed by atoms with E-state index in [4.69, 9.17) is 11.6 Å². The molecular weight excluding hydrogens is 280 g/mol. The van der Waals surface area contributed by atoms with E-state index in [2.05, 4.69) is 5.32 Å². The summed E-state index contributed by atoms with van der Waals surface area (Å²) in [7, 11) is 0. The maximum atomic E-state index is 12.6. The van der Waals surface area contributed by atoms with Gasteiger partial charge in [0.05, 0.1) is 0 Å². The summed E-state index contributed by atoms with van der Waals surface area (Å²) in [6, 6.07) is 14.2. The van der Waals surface area contributed by atoms with Crippen LogP contribution in [0, 0.1) is 0 Å². The maximum Gasteiger partial charge on any atom is 0.263 e. The number of nitrogens with one attached hydrogen (secondary N) is 1. The van der Waals surface area contributed by atoms with Gasteiger partial charge in [-0.25, -0.2) is 8.78 Å². The lowest BCUT2D eigenvalue weighted by Crippen LogP contribution is -2.18. The van der Waals surface area contributed by atoms with E-state index in [1.54, 1.807) is 6.07 Å². The molecule has 0 heterocycles. The minimum Gasteiger partial charge on any atom is -0.306 e.